The van der Waals surface area contributed by atoms with Crippen molar-refractivity contribution in [1.29, 1.82) is 0 Å². The van der Waals surface area contributed by atoms with E-state index in [1.807, 2.05) is 0 Å². The number of aliphatic imine (C=N–C) groups is 1. The highest BCUT2D eigenvalue weighted by Crippen LogP contribution is 2.42. The van der Waals surface area contributed by atoms with E-state index in [0.717, 1.165) is 32.1 Å². The van der Waals surface area contributed by atoms with E-state index >= 15 is 0 Å². The monoisotopic (exact) mass is 509 g/mol. The van der Waals surface area contributed by atoms with Crippen LogP contribution in [0.1, 0.15) is 45.4 Å². The van der Waals surface area contributed by atoms with Crippen LogP contribution in [0.2, 0.25) is 0 Å². The van der Waals surface area contributed by atoms with Crippen LogP contribution in [0.3, 0.4) is 0 Å². The Morgan fingerprint density at radius 1 is 1.04 bits per heavy atom. The highest BCUT2D eigenvalue weighted by Gasteiger charge is 2.38. The molecule has 0 radical (unpaired) electrons. The number of guanidine groups is 1. The Balaban J connectivity index is 0.00000261. The molecule has 0 bridgehead atoms. The first-order valence-electron chi connectivity index (χ1n) is 10.8. The van der Waals surface area contributed by atoms with E-state index in [0.29, 0.717) is 4.75 Å². The zero-order valence-corrected chi connectivity index (χ0v) is 20.6. The van der Waals surface area contributed by atoms with Crippen molar-refractivity contribution < 1.29 is 0 Å². The minimum absolute atomic E-state index is 0. The van der Waals surface area contributed by atoms with Crippen LogP contribution in [0, 0.1) is 0 Å². The second kappa shape index (κ2) is 12.1. The summed E-state index contributed by atoms with van der Waals surface area (Å²) >= 11 is 2.24. The second-order valence-corrected chi connectivity index (χ2v) is 9.81. The third-order valence-corrected chi connectivity index (χ3v) is 7.67. The number of likely N-dealkylation sites (N-methyl/N-ethyl adjacent to an activating group) is 1. The Morgan fingerprint density at radius 2 is 1.85 bits per heavy atom. The van der Waals surface area contributed by atoms with Gasteiger partial charge < -0.3 is 20.0 Å². The Bertz CT molecular complexity index is 450. The lowest BCUT2D eigenvalue weighted by molar-refractivity contribution is 0.279. The maximum absolute atomic E-state index is 5.03. The molecule has 0 aromatic rings. The van der Waals surface area contributed by atoms with Gasteiger partial charge in [0.25, 0.3) is 0 Å². The summed E-state index contributed by atoms with van der Waals surface area (Å²) in [4.78, 5) is 12.6. The lowest BCUT2D eigenvalue weighted by Gasteiger charge is -2.45. The number of nitrogens with one attached hydrogen (secondary N) is 1. The van der Waals surface area contributed by atoms with Gasteiger partial charge in [-0.2, -0.15) is 11.8 Å². The van der Waals surface area contributed by atoms with Crippen LogP contribution in [0.5, 0.6) is 0 Å². The minimum atomic E-state index is 0. The second-order valence-electron chi connectivity index (χ2n) is 8.25. The Labute approximate surface area is 188 Å². The highest BCUT2D eigenvalue weighted by molar-refractivity contribution is 14.0. The first-order chi connectivity index (χ1) is 12.7. The van der Waals surface area contributed by atoms with Gasteiger partial charge in [-0.05, 0) is 46.3 Å². The van der Waals surface area contributed by atoms with Crippen LogP contribution in [-0.4, -0.2) is 97.1 Å². The van der Waals surface area contributed by atoms with Gasteiger partial charge in [0, 0.05) is 49.8 Å². The van der Waals surface area contributed by atoms with Crippen molar-refractivity contribution in [2.45, 2.75) is 50.2 Å². The van der Waals surface area contributed by atoms with Crippen LogP contribution < -0.4 is 5.32 Å². The Hall–Kier alpha value is 0.270. The maximum Gasteiger partial charge on any atom is 0.194 e. The highest BCUT2D eigenvalue weighted by atomic mass is 127. The molecule has 2 saturated heterocycles. The molecule has 2 aliphatic heterocycles. The normalized spacial score (nSPS) is 25.1. The van der Waals surface area contributed by atoms with Crippen LogP contribution in [0.25, 0.3) is 0 Å². The van der Waals surface area contributed by atoms with E-state index in [9.17, 15) is 0 Å². The van der Waals surface area contributed by atoms with Gasteiger partial charge in [-0.15, -0.1) is 24.0 Å². The molecule has 1 N–H and O–H groups in total. The summed E-state index contributed by atoms with van der Waals surface area (Å²) in [6, 6.07) is 0. The molecule has 3 aliphatic rings. The molecule has 3 rings (SSSR count). The fraction of sp³-hybridized carbons (Fsp3) is 0.950. The molecular formula is C20H40IN5S. The van der Waals surface area contributed by atoms with Crippen LogP contribution in [-0.2, 0) is 0 Å². The van der Waals surface area contributed by atoms with Gasteiger partial charge in [-0.1, -0.05) is 19.3 Å². The molecule has 5 nitrogen and oxygen atoms in total. The van der Waals surface area contributed by atoms with E-state index in [1.54, 1.807) is 0 Å². The Morgan fingerprint density at radius 3 is 2.63 bits per heavy atom. The van der Waals surface area contributed by atoms with Gasteiger partial charge >= 0.3 is 0 Å². The molecule has 27 heavy (non-hydrogen) atoms. The molecule has 7 heteroatoms. The molecule has 3 fully saturated rings. The number of rotatable bonds is 4. The standard InChI is InChI=1S/C20H39N5S.HI/c1-3-21-19(22-10-13-24-12-7-11-23(2)14-15-24)25-16-17-26-20(18-25)8-5-4-6-9-20;/h3-18H2,1-2H3,(H,21,22);1H. The average Bonchev–Trinajstić information content (AvgIpc) is 2.86. The summed E-state index contributed by atoms with van der Waals surface area (Å²) in [7, 11) is 2.24. The predicted molar refractivity (Wildman–Crippen MR) is 130 cm³/mol. The summed E-state index contributed by atoms with van der Waals surface area (Å²) in [6.45, 7) is 12.3. The first-order valence-corrected chi connectivity index (χ1v) is 11.8. The number of thioether (sulfide) groups is 1. The van der Waals surface area contributed by atoms with Crippen molar-refractivity contribution in [3.05, 3.63) is 0 Å². The topological polar surface area (TPSA) is 34.1 Å². The van der Waals surface area contributed by atoms with Crippen LogP contribution in [0.4, 0.5) is 0 Å². The molecule has 1 aliphatic carbocycles. The average molecular weight is 510 g/mol. The van der Waals surface area contributed by atoms with Crippen molar-refractivity contribution >= 4 is 41.7 Å². The lowest BCUT2D eigenvalue weighted by Crippen LogP contribution is -2.53. The van der Waals surface area contributed by atoms with E-state index in [1.165, 1.54) is 77.0 Å². The van der Waals surface area contributed by atoms with Gasteiger partial charge in [0.15, 0.2) is 5.96 Å². The first kappa shape index (κ1) is 23.5. The number of nitrogens with zero attached hydrogens (tertiary/aromatic N) is 4. The molecule has 158 valence electrons. The van der Waals surface area contributed by atoms with Crippen LogP contribution in [0.15, 0.2) is 4.99 Å². The minimum Gasteiger partial charge on any atom is -0.357 e. The lowest BCUT2D eigenvalue weighted by atomic mass is 9.87. The van der Waals surface area contributed by atoms with Gasteiger partial charge in [-0.25, -0.2) is 0 Å². The fourth-order valence-corrected chi connectivity index (χ4v) is 6.14. The van der Waals surface area contributed by atoms with Crippen molar-refractivity contribution in [2.24, 2.45) is 4.99 Å². The molecule has 0 aromatic carbocycles. The van der Waals surface area contributed by atoms with Crippen molar-refractivity contribution in [3.8, 4) is 0 Å². The van der Waals surface area contributed by atoms with Gasteiger partial charge in [0.2, 0.25) is 0 Å². The molecule has 1 saturated carbocycles. The number of hydrogen-bond acceptors (Lipinski definition) is 4. The van der Waals surface area contributed by atoms with Crippen molar-refractivity contribution in [1.82, 2.24) is 20.0 Å². The molecule has 0 aromatic heterocycles. The van der Waals surface area contributed by atoms with Crippen molar-refractivity contribution in [3.63, 3.8) is 0 Å². The van der Waals surface area contributed by atoms with E-state index in [-0.39, 0.29) is 24.0 Å². The van der Waals surface area contributed by atoms with Gasteiger partial charge in [0.1, 0.15) is 0 Å². The molecule has 2 heterocycles. The number of hydrogen-bond donors (Lipinski definition) is 1. The van der Waals surface area contributed by atoms with E-state index in [2.05, 4.69) is 45.7 Å². The summed E-state index contributed by atoms with van der Waals surface area (Å²) in [6.07, 6.45) is 8.34. The molecule has 0 atom stereocenters. The quantitative estimate of drug-likeness (QED) is 0.358. The smallest absolute Gasteiger partial charge is 0.194 e. The summed E-state index contributed by atoms with van der Waals surface area (Å²) in [5.74, 6) is 2.41. The summed E-state index contributed by atoms with van der Waals surface area (Å²) < 4.78 is 0.502. The maximum atomic E-state index is 5.03. The van der Waals surface area contributed by atoms with E-state index in [4.69, 9.17) is 4.99 Å². The van der Waals surface area contributed by atoms with Gasteiger partial charge in [-0.3, -0.25) is 4.99 Å². The Kier molecular flexibility index (Phi) is 10.5. The molecular weight excluding hydrogens is 469 g/mol. The molecule has 0 amide bonds. The zero-order chi connectivity index (χ0) is 18.2. The number of halogens is 1. The summed E-state index contributed by atoms with van der Waals surface area (Å²) in [5.41, 5.74) is 0. The summed E-state index contributed by atoms with van der Waals surface area (Å²) in [5, 5.41) is 3.57. The fourth-order valence-electron chi connectivity index (χ4n) is 4.57. The van der Waals surface area contributed by atoms with E-state index < -0.39 is 0 Å². The largest absolute Gasteiger partial charge is 0.357 e. The van der Waals surface area contributed by atoms with Crippen LogP contribution >= 0.6 is 35.7 Å². The predicted octanol–water partition coefficient (Wildman–Crippen LogP) is 2.96. The zero-order valence-electron chi connectivity index (χ0n) is 17.4. The third-order valence-electron chi connectivity index (χ3n) is 6.14. The van der Waals surface area contributed by atoms with Crippen molar-refractivity contribution in [2.75, 3.05) is 71.7 Å². The molecule has 0 unspecified atom stereocenters. The molecule has 1 spiro atoms. The van der Waals surface area contributed by atoms with Gasteiger partial charge in [0.05, 0.1) is 6.54 Å². The SMILES string of the molecule is CCNC(=NCCN1CCCN(C)CC1)N1CCSC2(CCCCC2)C1.I. The third kappa shape index (κ3) is 7.23.